The van der Waals surface area contributed by atoms with Crippen molar-refractivity contribution < 1.29 is 134 Å². The molecule has 0 amide bonds. The zero-order valence-corrected chi connectivity index (χ0v) is 43.2. The van der Waals surface area contributed by atoms with Crippen LogP contribution in [0.15, 0.2) is 0 Å². The van der Waals surface area contributed by atoms with Crippen molar-refractivity contribution in [1.29, 1.82) is 0 Å². The second-order valence-electron chi connectivity index (χ2n) is 13.6. The Bertz CT molecular complexity index is 1400. The first-order valence-electron chi connectivity index (χ1n) is 19.7. The van der Waals surface area contributed by atoms with Gasteiger partial charge >= 0.3 is 179 Å². The van der Waals surface area contributed by atoms with Crippen molar-refractivity contribution in [3.05, 3.63) is 0 Å². The summed E-state index contributed by atoms with van der Waals surface area (Å²) in [5, 5.41) is 35.7. The Morgan fingerprint density at radius 1 is 0.279 bits per heavy atom. The molecule has 0 saturated heterocycles. The van der Waals surface area contributed by atoms with Crippen LogP contribution in [-0.4, -0.2) is 246 Å². The van der Waals surface area contributed by atoms with Crippen LogP contribution in [-0.2, 0) is 54.6 Å². The van der Waals surface area contributed by atoms with Crippen molar-refractivity contribution in [1.82, 2.24) is 0 Å². The summed E-state index contributed by atoms with van der Waals surface area (Å²) in [6, 6.07) is 0. The van der Waals surface area contributed by atoms with E-state index in [1.54, 1.807) is 0 Å². The predicted molar refractivity (Wildman–Crippen MR) is 260 cm³/mol. The molecule has 400 valence electrons. The van der Waals surface area contributed by atoms with Gasteiger partial charge in [0.2, 0.25) is 0 Å². The quantitative estimate of drug-likeness (QED) is 0.0261. The van der Waals surface area contributed by atoms with Gasteiger partial charge in [-0.25, -0.2) is 0 Å². The van der Waals surface area contributed by atoms with Gasteiger partial charge in [0, 0.05) is 0 Å². The van der Waals surface area contributed by atoms with Gasteiger partial charge in [-0.1, -0.05) is 105 Å². The number of aliphatic hydroxyl groups is 4. The number of hydrogen-bond donors (Lipinski definition) is 16. The van der Waals surface area contributed by atoms with Crippen LogP contribution in [0.3, 0.4) is 0 Å². The van der Waals surface area contributed by atoms with E-state index in [2.05, 4.69) is 18.1 Å². The van der Waals surface area contributed by atoms with E-state index in [0.717, 1.165) is 77.0 Å². The average Bonchev–Trinajstić information content (AvgIpc) is 3.15. The van der Waals surface area contributed by atoms with Crippen molar-refractivity contribution in [2.24, 2.45) is 0 Å². The molecule has 0 bridgehead atoms. The molecule has 40 heteroatoms. The first-order valence-corrected chi connectivity index (χ1v) is 33.0. The van der Waals surface area contributed by atoms with Crippen molar-refractivity contribution in [3.63, 3.8) is 0 Å². The van der Waals surface area contributed by atoms with Crippen molar-refractivity contribution >= 4 is 179 Å². The predicted octanol–water partition coefficient (Wildman–Crippen LogP) is 2.30. The SMILES string of the molecule is CCCCCCOP(=O)(O)C(O)P(=O)(O)O.CCCCCCOP(=O)(O)C(O)P(=O)(O)O.CCCCCCOP(=O)(O)C(O)P(=O)(O)O.CCCCCCOP(=O)(O)C(O)P(=O)(O)O.[NaH].[NaH].[NaH].[NaH]. The minimum absolute atomic E-state index is 0. The molecule has 0 aromatic heterocycles. The summed E-state index contributed by atoms with van der Waals surface area (Å²) >= 11 is 0. The van der Waals surface area contributed by atoms with E-state index in [0.29, 0.717) is 25.7 Å². The molecular weight excluding hydrogens is 1120 g/mol. The van der Waals surface area contributed by atoms with E-state index in [1.165, 1.54) is 0 Å². The first kappa shape index (κ1) is 89.6. The molecule has 0 aliphatic rings. The van der Waals surface area contributed by atoms with Crippen molar-refractivity contribution in [2.45, 2.75) is 153 Å². The van der Waals surface area contributed by atoms with Crippen LogP contribution in [0, 0.1) is 0 Å². The Morgan fingerprint density at radius 3 is 0.515 bits per heavy atom. The molecule has 0 saturated carbocycles. The summed E-state index contributed by atoms with van der Waals surface area (Å²) in [6.07, 6.45) is 12.9. The second kappa shape index (κ2) is 45.9. The van der Waals surface area contributed by atoms with Gasteiger partial charge in [0.1, 0.15) is 0 Å². The van der Waals surface area contributed by atoms with Gasteiger partial charge < -0.3 is 97.2 Å². The summed E-state index contributed by atoms with van der Waals surface area (Å²) in [5.74, 6) is 0. The average molecular weight is 1200 g/mol. The van der Waals surface area contributed by atoms with E-state index in [1.807, 2.05) is 27.7 Å². The van der Waals surface area contributed by atoms with E-state index in [9.17, 15) is 36.5 Å². The number of aliphatic hydroxyl groups excluding tert-OH is 4. The zero-order chi connectivity index (χ0) is 51.3. The monoisotopic (exact) mass is 1200 g/mol. The Balaban J connectivity index is -0.000000115. The van der Waals surface area contributed by atoms with Crippen LogP contribution in [0.2, 0.25) is 0 Å². The van der Waals surface area contributed by atoms with Gasteiger partial charge in [0.15, 0.2) is 0 Å². The number of rotatable bonds is 32. The maximum absolute atomic E-state index is 11.2. The Hall–Kier alpha value is 5.04. The van der Waals surface area contributed by atoms with Crippen LogP contribution in [0.4, 0.5) is 0 Å². The van der Waals surface area contributed by atoms with Gasteiger partial charge in [-0.15, -0.1) is 0 Å². The van der Waals surface area contributed by atoms with Crippen LogP contribution in [0.5, 0.6) is 0 Å². The fourth-order valence-electron chi connectivity index (χ4n) is 3.92. The molecule has 0 aromatic carbocycles. The summed E-state index contributed by atoms with van der Waals surface area (Å²) in [6.45, 7) is 7.56. The molecule has 8 atom stereocenters. The van der Waals surface area contributed by atoms with Gasteiger partial charge in [-0.3, -0.25) is 36.5 Å². The molecule has 16 N–H and O–H groups in total. The van der Waals surface area contributed by atoms with E-state index in [-0.39, 0.29) is 145 Å². The molecule has 0 rings (SSSR count). The standard InChI is InChI=1S/4C7H18O7P2.4Na.4H/c4*1-2-3-4-5-6-14-16(12,13)7(8)15(9,10)11;;;;;;;;/h4*7-8H,2-6H2,1H3,(H,12,13)(H2,9,10,11);;;;;;;;. The van der Waals surface area contributed by atoms with Crippen LogP contribution >= 0.6 is 60.8 Å². The summed E-state index contributed by atoms with van der Waals surface area (Å²) in [5.41, 5.74) is -10.6. The Labute approximate surface area is 486 Å². The van der Waals surface area contributed by atoms with Gasteiger partial charge in [-0.05, 0) is 25.7 Å². The Kier molecular flexibility index (Phi) is 60.4. The third-order valence-electron chi connectivity index (χ3n) is 7.47. The molecule has 0 radical (unpaired) electrons. The second-order valence-corrected chi connectivity index (χ2v) is 29.4. The van der Waals surface area contributed by atoms with Gasteiger partial charge in [0.05, 0.1) is 26.4 Å². The number of hydrogen-bond acceptors (Lipinski definition) is 16. The first-order chi connectivity index (χ1) is 28.9. The van der Waals surface area contributed by atoms with E-state index < -0.39 is 83.1 Å². The van der Waals surface area contributed by atoms with Gasteiger partial charge in [-0.2, -0.15) is 0 Å². The molecule has 0 aromatic rings. The molecule has 8 unspecified atom stereocenters. The van der Waals surface area contributed by atoms with Crippen LogP contribution < -0.4 is 0 Å². The Morgan fingerprint density at radius 2 is 0.412 bits per heavy atom. The van der Waals surface area contributed by atoms with E-state index >= 15 is 0 Å². The summed E-state index contributed by atoms with van der Waals surface area (Å²) in [4.78, 5) is 104. The fourth-order valence-corrected chi connectivity index (χ4v) is 12.9. The molecule has 68 heavy (non-hydrogen) atoms. The minimum atomic E-state index is -5.02. The summed E-state index contributed by atoms with van der Waals surface area (Å²) in [7, 11) is -38.7. The molecule has 0 aliphatic heterocycles. The maximum atomic E-state index is 11.2. The fraction of sp³-hybridized carbons (Fsp3) is 1.00. The van der Waals surface area contributed by atoms with Crippen molar-refractivity contribution in [3.8, 4) is 0 Å². The zero-order valence-electron chi connectivity index (χ0n) is 36.1. The normalized spacial score (nSPS) is 17.0. The van der Waals surface area contributed by atoms with E-state index in [4.69, 9.17) is 79.1 Å². The topological polar surface area (TPSA) is 497 Å². The van der Waals surface area contributed by atoms with Crippen LogP contribution in [0.25, 0.3) is 0 Å². The molecule has 0 spiro atoms. The van der Waals surface area contributed by atoms with Gasteiger partial charge in [0.25, 0.3) is 22.3 Å². The third-order valence-corrected chi connectivity index (χ3v) is 21.5. The molecule has 0 heterocycles. The number of unbranched alkanes of at least 4 members (excludes halogenated alkanes) is 12. The molecule has 0 fully saturated rings. The molecular formula is C28H76Na4O28P8. The van der Waals surface area contributed by atoms with Crippen LogP contribution in [0.1, 0.15) is 130 Å². The summed E-state index contributed by atoms with van der Waals surface area (Å²) < 4.78 is 105. The molecule has 0 aliphatic carbocycles. The van der Waals surface area contributed by atoms with Crippen molar-refractivity contribution in [2.75, 3.05) is 26.4 Å². The third kappa shape index (κ3) is 48.2. The molecule has 28 nitrogen and oxygen atoms in total.